The van der Waals surface area contributed by atoms with E-state index in [1.165, 1.54) is 5.52 Å². The fraction of sp³-hybridized carbons (Fsp3) is 0.562. The lowest BCUT2D eigenvalue weighted by Crippen LogP contribution is -2.18. The van der Waals surface area contributed by atoms with Gasteiger partial charge in [0, 0.05) is 13.0 Å². The summed E-state index contributed by atoms with van der Waals surface area (Å²) in [5.41, 5.74) is 2.31. The molecule has 0 saturated heterocycles. The zero-order valence-corrected chi connectivity index (χ0v) is 11.5. The van der Waals surface area contributed by atoms with Crippen LogP contribution in [0, 0.1) is 5.92 Å². The minimum atomic E-state index is -0.130. The summed E-state index contributed by atoms with van der Waals surface area (Å²) in [6.45, 7) is 3.21. The molecule has 1 heterocycles. The number of nitrogens with zero attached hydrogens (tertiary/aromatic N) is 2. The molecule has 0 radical (unpaired) electrons. The largest absolute Gasteiger partial charge is 0.393 e. The Labute approximate surface area is 114 Å². The van der Waals surface area contributed by atoms with Gasteiger partial charge in [0.15, 0.2) is 0 Å². The van der Waals surface area contributed by atoms with Crippen LogP contribution in [0.4, 0.5) is 0 Å². The Balaban J connectivity index is 1.95. The normalized spacial score (nSPS) is 23.3. The van der Waals surface area contributed by atoms with Gasteiger partial charge < -0.3 is 9.67 Å². The number of aryl methyl sites for hydroxylation is 1. The van der Waals surface area contributed by atoms with Crippen molar-refractivity contribution in [2.24, 2.45) is 5.92 Å². The molecule has 2 aromatic rings. The van der Waals surface area contributed by atoms with Crippen LogP contribution in [0.2, 0.25) is 0 Å². The van der Waals surface area contributed by atoms with Crippen molar-refractivity contribution in [3.63, 3.8) is 0 Å². The molecular formula is C16H22N2O. The van der Waals surface area contributed by atoms with Crippen molar-refractivity contribution >= 4 is 11.0 Å². The van der Waals surface area contributed by atoms with Crippen molar-refractivity contribution in [2.75, 3.05) is 0 Å². The van der Waals surface area contributed by atoms with Gasteiger partial charge in [0.25, 0.3) is 0 Å². The van der Waals surface area contributed by atoms with Gasteiger partial charge in [-0.25, -0.2) is 4.98 Å². The number of fused-ring (bicyclic) bond motifs is 1. The molecule has 1 aromatic carbocycles. The van der Waals surface area contributed by atoms with Gasteiger partial charge in [-0.15, -0.1) is 0 Å². The van der Waals surface area contributed by atoms with Crippen LogP contribution in [0.15, 0.2) is 24.3 Å². The molecule has 0 bridgehead atoms. The zero-order valence-electron chi connectivity index (χ0n) is 11.5. The Morgan fingerprint density at radius 1 is 1.32 bits per heavy atom. The summed E-state index contributed by atoms with van der Waals surface area (Å²) in [6.07, 6.45) is 5.14. The molecule has 3 nitrogen and oxygen atoms in total. The summed E-state index contributed by atoms with van der Waals surface area (Å²) in [5.74, 6) is 1.54. The molecule has 1 saturated carbocycles. The predicted molar refractivity (Wildman–Crippen MR) is 77.1 cm³/mol. The number of hydrogen-bond acceptors (Lipinski definition) is 2. The maximum absolute atomic E-state index is 10.0. The molecule has 19 heavy (non-hydrogen) atoms. The number of rotatable bonds is 4. The molecule has 1 aliphatic rings. The Kier molecular flexibility index (Phi) is 3.56. The van der Waals surface area contributed by atoms with Gasteiger partial charge in [-0.2, -0.15) is 0 Å². The number of aliphatic hydroxyl groups is 1. The average Bonchev–Trinajstić information content (AvgIpc) is 2.96. The average molecular weight is 258 g/mol. The van der Waals surface area contributed by atoms with Crippen molar-refractivity contribution < 1.29 is 5.11 Å². The van der Waals surface area contributed by atoms with E-state index in [0.717, 1.165) is 50.0 Å². The highest BCUT2D eigenvalue weighted by molar-refractivity contribution is 5.75. The van der Waals surface area contributed by atoms with Gasteiger partial charge in [0.2, 0.25) is 0 Å². The quantitative estimate of drug-likeness (QED) is 0.914. The highest BCUT2D eigenvalue weighted by atomic mass is 16.3. The monoisotopic (exact) mass is 258 g/mol. The number of imidazole rings is 1. The number of hydrogen-bond donors (Lipinski definition) is 1. The fourth-order valence-corrected chi connectivity index (χ4v) is 3.24. The van der Waals surface area contributed by atoms with Gasteiger partial charge >= 0.3 is 0 Å². The maximum atomic E-state index is 10.0. The highest BCUT2D eigenvalue weighted by Gasteiger charge is 2.27. The predicted octanol–water partition coefficient (Wildman–Crippen LogP) is 3.15. The van der Waals surface area contributed by atoms with Crippen LogP contribution in [-0.4, -0.2) is 20.8 Å². The van der Waals surface area contributed by atoms with Crippen LogP contribution in [0.1, 0.15) is 38.4 Å². The van der Waals surface area contributed by atoms with Crippen LogP contribution in [0.5, 0.6) is 0 Å². The van der Waals surface area contributed by atoms with E-state index in [1.807, 2.05) is 6.07 Å². The van der Waals surface area contributed by atoms with Crippen molar-refractivity contribution in [3.8, 4) is 0 Å². The maximum Gasteiger partial charge on any atom is 0.110 e. The first kappa shape index (κ1) is 12.7. The van der Waals surface area contributed by atoms with Gasteiger partial charge in [-0.05, 0) is 37.3 Å². The van der Waals surface area contributed by atoms with Crippen molar-refractivity contribution in [1.29, 1.82) is 0 Å². The molecule has 3 rings (SSSR count). The minimum absolute atomic E-state index is 0.130. The second kappa shape index (κ2) is 5.33. The van der Waals surface area contributed by atoms with Crippen LogP contribution in [0.25, 0.3) is 11.0 Å². The van der Waals surface area contributed by atoms with E-state index in [2.05, 4.69) is 29.7 Å². The first-order valence-corrected chi connectivity index (χ1v) is 7.41. The van der Waals surface area contributed by atoms with Crippen molar-refractivity contribution in [2.45, 2.75) is 51.7 Å². The molecule has 2 atom stereocenters. The lowest BCUT2D eigenvalue weighted by molar-refractivity contribution is 0.131. The van der Waals surface area contributed by atoms with Crippen LogP contribution >= 0.6 is 0 Å². The van der Waals surface area contributed by atoms with Crippen LogP contribution in [-0.2, 0) is 13.0 Å². The number of para-hydroxylation sites is 2. The molecule has 2 unspecified atom stereocenters. The fourth-order valence-electron chi connectivity index (χ4n) is 3.24. The zero-order chi connectivity index (χ0) is 13.2. The van der Waals surface area contributed by atoms with E-state index in [-0.39, 0.29) is 6.10 Å². The second-order valence-corrected chi connectivity index (χ2v) is 5.63. The van der Waals surface area contributed by atoms with Gasteiger partial charge in [-0.3, -0.25) is 0 Å². The van der Waals surface area contributed by atoms with E-state index >= 15 is 0 Å². The van der Waals surface area contributed by atoms with Gasteiger partial charge in [0.05, 0.1) is 17.1 Å². The van der Waals surface area contributed by atoms with Crippen molar-refractivity contribution in [1.82, 2.24) is 9.55 Å². The molecule has 0 aliphatic heterocycles. The third-order valence-corrected chi connectivity index (χ3v) is 4.24. The van der Waals surface area contributed by atoms with E-state index in [4.69, 9.17) is 4.98 Å². The molecule has 0 amide bonds. The summed E-state index contributed by atoms with van der Waals surface area (Å²) in [7, 11) is 0. The number of aliphatic hydroxyl groups excluding tert-OH is 1. The van der Waals surface area contributed by atoms with Crippen LogP contribution in [0.3, 0.4) is 0 Å². The third kappa shape index (κ3) is 2.39. The summed E-state index contributed by atoms with van der Waals surface area (Å²) in [5, 5.41) is 10.0. The summed E-state index contributed by atoms with van der Waals surface area (Å²) >= 11 is 0. The van der Waals surface area contributed by atoms with E-state index in [9.17, 15) is 5.11 Å². The van der Waals surface area contributed by atoms with Crippen molar-refractivity contribution in [3.05, 3.63) is 30.1 Å². The van der Waals surface area contributed by atoms with E-state index in [1.54, 1.807) is 0 Å². The summed E-state index contributed by atoms with van der Waals surface area (Å²) in [4.78, 5) is 4.78. The summed E-state index contributed by atoms with van der Waals surface area (Å²) in [6, 6.07) is 8.34. The topological polar surface area (TPSA) is 38.0 Å². The van der Waals surface area contributed by atoms with Gasteiger partial charge in [0.1, 0.15) is 5.82 Å². The Morgan fingerprint density at radius 3 is 2.89 bits per heavy atom. The molecule has 1 N–H and O–H groups in total. The van der Waals surface area contributed by atoms with Crippen LogP contribution < -0.4 is 0 Å². The molecular weight excluding hydrogens is 236 g/mol. The molecule has 1 aromatic heterocycles. The molecule has 3 heteroatoms. The first-order chi connectivity index (χ1) is 9.29. The molecule has 0 spiro atoms. The Morgan fingerprint density at radius 2 is 2.16 bits per heavy atom. The standard InChI is InChI=1S/C16H22N2O/c1-2-10-18-14-8-4-3-7-13(14)17-16(18)11-12-6-5-9-15(12)19/h3-4,7-8,12,15,19H,2,5-6,9-11H2,1H3. The highest BCUT2D eigenvalue weighted by Crippen LogP contribution is 2.29. The lowest BCUT2D eigenvalue weighted by Gasteiger charge is -2.15. The van der Waals surface area contributed by atoms with Gasteiger partial charge in [-0.1, -0.05) is 25.5 Å². The van der Waals surface area contributed by atoms with E-state index in [0.29, 0.717) is 5.92 Å². The number of benzene rings is 1. The minimum Gasteiger partial charge on any atom is -0.393 e. The molecule has 102 valence electrons. The Hall–Kier alpha value is -1.35. The number of aromatic nitrogens is 2. The lowest BCUT2D eigenvalue weighted by atomic mass is 10.0. The Bertz CT molecular complexity index is 561. The molecule has 1 fully saturated rings. The van der Waals surface area contributed by atoms with E-state index < -0.39 is 0 Å². The molecule has 1 aliphatic carbocycles. The third-order valence-electron chi connectivity index (χ3n) is 4.24. The first-order valence-electron chi connectivity index (χ1n) is 7.41. The summed E-state index contributed by atoms with van der Waals surface area (Å²) < 4.78 is 2.33. The second-order valence-electron chi connectivity index (χ2n) is 5.63. The SMILES string of the molecule is CCCn1c(CC2CCCC2O)nc2ccccc21. The smallest absolute Gasteiger partial charge is 0.110 e.